The lowest BCUT2D eigenvalue weighted by atomic mass is 9.95. The third-order valence-electron chi connectivity index (χ3n) is 7.94. The topological polar surface area (TPSA) is 47.2 Å². The third-order valence-corrected chi connectivity index (χ3v) is 8.27. The van der Waals surface area contributed by atoms with Gasteiger partial charge in [-0.3, -0.25) is 4.90 Å². The molecule has 0 bridgehead atoms. The Hall–Kier alpha value is -3.12. The Morgan fingerprint density at radius 2 is 1.73 bits per heavy atom. The van der Waals surface area contributed by atoms with Gasteiger partial charge in [-0.2, -0.15) is 0 Å². The molecule has 2 aliphatic heterocycles. The summed E-state index contributed by atoms with van der Waals surface area (Å²) in [6.07, 6.45) is 5.57. The zero-order valence-electron chi connectivity index (χ0n) is 21.4. The minimum atomic E-state index is 0.676. The summed E-state index contributed by atoms with van der Waals surface area (Å²) < 4.78 is 0. The van der Waals surface area contributed by atoms with E-state index in [0.717, 1.165) is 47.0 Å². The molecule has 1 saturated heterocycles. The van der Waals surface area contributed by atoms with Crippen molar-refractivity contribution in [1.29, 1.82) is 0 Å². The smallest absolute Gasteiger partial charge is 0.139 e. The number of aromatic nitrogens is 2. The van der Waals surface area contributed by atoms with Crippen LogP contribution < -0.4 is 5.32 Å². The number of likely N-dealkylation sites (tertiary alicyclic amines) is 1. The summed E-state index contributed by atoms with van der Waals surface area (Å²) in [7, 11) is 0. The van der Waals surface area contributed by atoms with E-state index in [1.54, 1.807) is 0 Å². The maximum Gasteiger partial charge on any atom is 0.139 e. The van der Waals surface area contributed by atoms with Gasteiger partial charge in [0.2, 0.25) is 0 Å². The highest BCUT2D eigenvalue weighted by Crippen LogP contribution is 2.33. The number of benzene rings is 3. The molecule has 0 saturated carbocycles. The molecule has 1 fully saturated rings. The normalized spacial score (nSPS) is 17.0. The van der Waals surface area contributed by atoms with Gasteiger partial charge in [0.05, 0.1) is 16.9 Å². The largest absolute Gasteiger partial charge is 0.355 e. The van der Waals surface area contributed by atoms with Crippen LogP contribution in [0.3, 0.4) is 0 Å². The number of fused-ring (bicyclic) bond motifs is 1. The molecule has 3 aromatic carbocycles. The fourth-order valence-corrected chi connectivity index (χ4v) is 5.95. The molecule has 5 nitrogen and oxygen atoms in total. The second-order valence-electron chi connectivity index (χ2n) is 10.2. The molecule has 3 heterocycles. The van der Waals surface area contributed by atoms with Crippen molar-refractivity contribution in [2.45, 2.75) is 38.8 Å². The molecule has 4 aromatic rings. The Bertz CT molecular complexity index is 1360. The van der Waals surface area contributed by atoms with E-state index in [4.69, 9.17) is 11.6 Å². The van der Waals surface area contributed by atoms with Crippen LogP contribution in [0.5, 0.6) is 0 Å². The van der Waals surface area contributed by atoms with Crippen LogP contribution in [0.2, 0.25) is 5.02 Å². The van der Waals surface area contributed by atoms with E-state index >= 15 is 0 Å². The Balaban J connectivity index is 1.18. The van der Waals surface area contributed by atoms with Gasteiger partial charge in [0.15, 0.2) is 0 Å². The number of aromatic amines is 1. The molecular weight excluding hydrogens is 478 g/mol. The average Bonchev–Trinajstić information content (AvgIpc) is 3.44. The third kappa shape index (κ3) is 5.30. The van der Waals surface area contributed by atoms with Gasteiger partial charge in [0.25, 0.3) is 0 Å². The lowest BCUT2D eigenvalue weighted by Crippen LogP contribution is -2.46. The number of halogens is 1. The predicted molar refractivity (Wildman–Crippen MR) is 153 cm³/mol. The summed E-state index contributed by atoms with van der Waals surface area (Å²) in [6, 6.07) is 23.8. The van der Waals surface area contributed by atoms with E-state index in [9.17, 15) is 0 Å². The summed E-state index contributed by atoms with van der Waals surface area (Å²) in [5.41, 5.74) is 8.00. The Labute approximate surface area is 224 Å². The van der Waals surface area contributed by atoms with Gasteiger partial charge in [-0.15, -0.1) is 0 Å². The minimum Gasteiger partial charge on any atom is -0.355 e. The number of rotatable bonds is 6. The van der Waals surface area contributed by atoms with Crippen molar-refractivity contribution in [3.63, 3.8) is 0 Å². The number of nitrogens with zero attached hydrogens (tertiary/aromatic N) is 3. The lowest BCUT2D eigenvalue weighted by Gasteiger charge is -2.40. The van der Waals surface area contributed by atoms with E-state index in [1.165, 1.54) is 50.1 Å². The number of hydrogen-bond acceptors (Lipinski definition) is 4. The molecule has 6 heteroatoms. The number of anilines is 2. The highest BCUT2D eigenvalue weighted by molar-refractivity contribution is 6.33. The van der Waals surface area contributed by atoms with E-state index in [0.29, 0.717) is 11.1 Å². The fourth-order valence-electron chi connectivity index (χ4n) is 5.74. The first kappa shape index (κ1) is 24.2. The van der Waals surface area contributed by atoms with E-state index in [2.05, 4.69) is 68.4 Å². The second-order valence-corrected chi connectivity index (χ2v) is 10.6. The zero-order chi connectivity index (χ0) is 25.2. The fraction of sp³-hybridized carbons (Fsp3) is 0.323. The standard InChI is InChI=1S/C31H34ClN5/c1-2-36-15-13-27(14-16-36)37-17-12-22-8-9-25(18-24(22)21-37)34-26-10-11-29(32)28(19-26)31-33-20-30(35-31)23-6-4-3-5-7-23/h3-11,18-20,27,34H,2,12-17,21H2,1H3,(H,33,35). The highest BCUT2D eigenvalue weighted by Gasteiger charge is 2.27. The van der Waals surface area contributed by atoms with Gasteiger partial charge in [-0.05, 0) is 85.9 Å². The van der Waals surface area contributed by atoms with Crippen LogP contribution in [0.25, 0.3) is 22.6 Å². The quantitative estimate of drug-likeness (QED) is 0.293. The molecule has 0 atom stereocenters. The lowest BCUT2D eigenvalue weighted by molar-refractivity contribution is 0.101. The van der Waals surface area contributed by atoms with Crippen LogP contribution in [0.4, 0.5) is 11.4 Å². The number of nitrogens with one attached hydrogen (secondary N) is 2. The van der Waals surface area contributed by atoms with Gasteiger partial charge >= 0.3 is 0 Å². The average molecular weight is 512 g/mol. The molecule has 0 radical (unpaired) electrons. The summed E-state index contributed by atoms with van der Waals surface area (Å²) >= 11 is 6.60. The Kier molecular flexibility index (Phi) is 7.01. The van der Waals surface area contributed by atoms with Crippen molar-refractivity contribution in [2.24, 2.45) is 0 Å². The van der Waals surface area contributed by atoms with Gasteiger partial charge in [-0.25, -0.2) is 4.98 Å². The van der Waals surface area contributed by atoms with Crippen molar-refractivity contribution in [2.75, 3.05) is 31.5 Å². The minimum absolute atomic E-state index is 0.676. The van der Waals surface area contributed by atoms with Crippen LogP contribution >= 0.6 is 11.6 Å². The zero-order valence-corrected chi connectivity index (χ0v) is 22.1. The SMILES string of the molecule is CCN1CCC(N2CCc3ccc(Nc4ccc(Cl)c(-c5ncc(-c6ccccc6)[nH]5)c4)cc3C2)CC1. The maximum absolute atomic E-state index is 6.60. The maximum atomic E-state index is 6.60. The number of imidazole rings is 1. The number of hydrogen-bond donors (Lipinski definition) is 2. The Morgan fingerprint density at radius 3 is 2.54 bits per heavy atom. The summed E-state index contributed by atoms with van der Waals surface area (Å²) in [4.78, 5) is 13.3. The van der Waals surface area contributed by atoms with Gasteiger partial charge < -0.3 is 15.2 Å². The Morgan fingerprint density at radius 1 is 0.946 bits per heavy atom. The number of H-pyrrole nitrogens is 1. The first-order valence-corrected chi connectivity index (χ1v) is 13.8. The van der Waals surface area contributed by atoms with Gasteiger partial charge in [-0.1, -0.05) is 54.9 Å². The molecule has 1 aromatic heterocycles. The van der Waals surface area contributed by atoms with Crippen molar-refractivity contribution < 1.29 is 0 Å². The molecule has 2 aliphatic rings. The van der Waals surface area contributed by atoms with Crippen molar-refractivity contribution in [3.8, 4) is 22.6 Å². The molecule has 0 aliphatic carbocycles. The molecule has 190 valence electrons. The van der Waals surface area contributed by atoms with Crippen LogP contribution in [0.1, 0.15) is 30.9 Å². The van der Waals surface area contributed by atoms with Crippen LogP contribution in [0, 0.1) is 0 Å². The van der Waals surface area contributed by atoms with Crippen molar-refractivity contribution >= 4 is 23.0 Å². The van der Waals surface area contributed by atoms with E-state index in [1.807, 2.05) is 36.5 Å². The highest BCUT2D eigenvalue weighted by atomic mass is 35.5. The van der Waals surface area contributed by atoms with Crippen LogP contribution in [-0.2, 0) is 13.0 Å². The second kappa shape index (κ2) is 10.7. The van der Waals surface area contributed by atoms with Crippen molar-refractivity contribution in [3.05, 3.63) is 89.1 Å². The van der Waals surface area contributed by atoms with E-state index in [-0.39, 0.29) is 0 Å². The summed E-state index contributed by atoms with van der Waals surface area (Å²) in [6.45, 7) is 8.12. The molecule has 0 spiro atoms. The molecular formula is C31H34ClN5. The molecule has 0 unspecified atom stereocenters. The van der Waals surface area contributed by atoms with Crippen LogP contribution in [-0.4, -0.2) is 52.0 Å². The van der Waals surface area contributed by atoms with E-state index < -0.39 is 0 Å². The van der Waals surface area contributed by atoms with Crippen LogP contribution in [0.15, 0.2) is 72.9 Å². The summed E-state index contributed by atoms with van der Waals surface area (Å²) in [5.74, 6) is 0.766. The van der Waals surface area contributed by atoms with Crippen molar-refractivity contribution in [1.82, 2.24) is 19.8 Å². The first-order valence-electron chi connectivity index (χ1n) is 13.4. The molecule has 0 amide bonds. The predicted octanol–water partition coefficient (Wildman–Crippen LogP) is 6.98. The molecule has 2 N–H and O–H groups in total. The van der Waals surface area contributed by atoms with Gasteiger partial charge in [0, 0.05) is 36.1 Å². The molecule has 37 heavy (non-hydrogen) atoms. The van der Waals surface area contributed by atoms with Gasteiger partial charge in [0.1, 0.15) is 5.82 Å². The first-order chi connectivity index (χ1) is 18.2. The monoisotopic (exact) mass is 511 g/mol. The molecule has 6 rings (SSSR count). The summed E-state index contributed by atoms with van der Waals surface area (Å²) in [5, 5.41) is 4.29. The number of piperidine rings is 1.